The maximum Gasteiger partial charge on any atom is 0.213 e. The molecule has 20 heavy (non-hydrogen) atoms. The normalized spacial score (nSPS) is 11.1. The summed E-state index contributed by atoms with van der Waals surface area (Å²) in [5.74, 6) is 1.92. The number of rotatable bonds is 5. The summed E-state index contributed by atoms with van der Waals surface area (Å²) in [7, 11) is 0. The van der Waals surface area contributed by atoms with Gasteiger partial charge in [-0.2, -0.15) is 0 Å². The van der Waals surface area contributed by atoms with Gasteiger partial charge in [0.2, 0.25) is 4.96 Å². The van der Waals surface area contributed by atoms with Crippen molar-refractivity contribution in [2.24, 2.45) is 0 Å². The number of fused-ring (bicyclic) bond motifs is 1. The van der Waals surface area contributed by atoms with Gasteiger partial charge in [0.05, 0.1) is 18.5 Å². The Bertz CT molecular complexity index is 671. The lowest BCUT2D eigenvalue weighted by Crippen LogP contribution is -1.90. The third kappa shape index (κ3) is 2.66. The highest BCUT2D eigenvalue weighted by molar-refractivity contribution is 8.01. The molecule has 4 nitrogen and oxygen atoms in total. The van der Waals surface area contributed by atoms with Crippen LogP contribution in [-0.2, 0) is 0 Å². The minimum Gasteiger partial charge on any atom is -0.494 e. The fourth-order valence-corrected chi connectivity index (χ4v) is 3.71. The average Bonchev–Trinajstić information content (AvgIpc) is 2.98. The highest BCUT2D eigenvalue weighted by atomic mass is 32.2. The molecule has 6 heteroatoms. The molecular formula is C14H15N3OS2. The Balaban J connectivity index is 1.87. The number of ether oxygens (including phenoxy) is 1. The zero-order chi connectivity index (χ0) is 13.9. The molecule has 3 rings (SSSR count). The van der Waals surface area contributed by atoms with Crippen molar-refractivity contribution in [3.05, 3.63) is 30.5 Å². The van der Waals surface area contributed by atoms with Crippen molar-refractivity contribution in [3.63, 3.8) is 0 Å². The molecule has 0 radical (unpaired) electrons. The first-order chi connectivity index (χ1) is 9.80. The topological polar surface area (TPSA) is 39.4 Å². The van der Waals surface area contributed by atoms with E-state index >= 15 is 0 Å². The second-order valence-corrected chi connectivity index (χ2v) is 6.58. The molecule has 2 aromatic heterocycles. The zero-order valence-corrected chi connectivity index (χ0v) is 13.0. The fourth-order valence-electron chi connectivity index (χ4n) is 1.89. The molecule has 0 saturated heterocycles. The molecule has 0 N–H and O–H groups in total. The Kier molecular flexibility index (Phi) is 3.93. The van der Waals surface area contributed by atoms with Crippen molar-refractivity contribution < 1.29 is 4.74 Å². The van der Waals surface area contributed by atoms with E-state index in [9.17, 15) is 0 Å². The van der Waals surface area contributed by atoms with E-state index in [4.69, 9.17) is 4.74 Å². The zero-order valence-electron chi connectivity index (χ0n) is 11.4. The SMILES string of the molecule is CCOc1ccc(-c2cn3nc(SCC)sc3n2)cc1. The molecule has 0 unspecified atom stereocenters. The van der Waals surface area contributed by atoms with E-state index in [1.54, 1.807) is 23.1 Å². The molecule has 0 bridgehead atoms. The Labute approximate surface area is 125 Å². The summed E-state index contributed by atoms with van der Waals surface area (Å²) in [6.07, 6.45) is 1.97. The fraction of sp³-hybridized carbons (Fsp3) is 0.286. The molecule has 0 amide bonds. The number of hydrogen-bond acceptors (Lipinski definition) is 5. The first kappa shape index (κ1) is 13.5. The second-order valence-electron chi connectivity index (χ2n) is 4.11. The molecule has 0 spiro atoms. The Morgan fingerprint density at radius 1 is 1.25 bits per heavy atom. The summed E-state index contributed by atoms with van der Waals surface area (Å²) in [5, 5.41) is 4.51. The van der Waals surface area contributed by atoms with Gasteiger partial charge in [0, 0.05) is 5.56 Å². The van der Waals surface area contributed by atoms with Crippen LogP contribution in [0, 0.1) is 0 Å². The van der Waals surface area contributed by atoms with E-state index in [1.807, 2.05) is 41.9 Å². The first-order valence-electron chi connectivity index (χ1n) is 6.52. The summed E-state index contributed by atoms with van der Waals surface area (Å²) in [6, 6.07) is 7.99. The predicted octanol–water partition coefficient (Wildman–Crippen LogP) is 3.97. The van der Waals surface area contributed by atoms with Crippen LogP contribution in [0.25, 0.3) is 16.2 Å². The number of aromatic nitrogens is 3. The summed E-state index contributed by atoms with van der Waals surface area (Å²) < 4.78 is 8.36. The smallest absolute Gasteiger partial charge is 0.213 e. The highest BCUT2D eigenvalue weighted by Crippen LogP contribution is 2.27. The number of thioether (sulfide) groups is 1. The molecular weight excluding hydrogens is 290 g/mol. The minimum atomic E-state index is 0.682. The van der Waals surface area contributed by atoms with E-state index < -0.39 is 0 Å². The van der Waals surface area contributed by atoms with Crippen molar-refractivity contribution in [1.29, 1.82) is 0 Å². The van der Waals surface area contributed by atoms with Crippen molar-refractivity contribution in [1.82, 2.24) is 14.6 Å². The van der Waals surface area contributed by atoms with Crippen LogP contribution in [0.1, 0.15) is 13.8 Å². The molecule has 104 valence electrons. The standard InChI is InChI=1S/C14H15N3OS2/c1-3-18-11-7-5-10(6-8-11)12-9-17-13(15-12)20-14(16-17)19-4-2/h5-9H,3-4H2,1-2H3. The molecule has 3 aromatic rings. The van der Waals surface area contributed by atoms with E-state index in [0.29, 0.717) is 6.61 Å². The largest absolute Gasteiger partial charge is 0.494 e. The summed E-state index contributed by atoms with van der Waals surface area (Å²) >= 11 is 3.37. The molecule has 0 atom stereocenters. The average molecular weight is 305 g/mol. The number of imidazole rings is 1. The van der Waals surface area contributed by atoms with Gasteiger partial charge in [0.25, 0.3) is 0 Å². The van der Waals surface area contributed by atoms with Crippen LogP contribution in [-0.4, -0.2) is 27.0 Å². The Morgan fingerprint density at radius 2 is 2.05 bits per heavy atom. The van der Waals surface area contributed by atoms with Gasteiger partial charge in [0.1, 0.15) is 5.75 Å². The quantitative estimate of drug-likeness (QED) is 0.669. The van der Waals surface area contributed by atoms with Crippen LogP contribution < -0.4 is 4.74 Å². The van der Waals surface area contributed by atoms with Gasteiger partial charge in [0.15, 0.2) is 4.34 Å². The maximum absolute atomic E-state index is 5.44. The summed E-state index contributed by atoms with van der Waals surface area (Å²) in [4.78, 5) is 5.56. The Morgan fingerprint density at radius 3 is 2.70 bits per heavy atom. The number of benzene rings is 1. The van der Waals surface area contributed by atoms with Crippen molar-refractivity contribution in [2.45, 2.75) is 18.2 Å². The van der Waals surface area contributed by atoms with Crippen LogP contribution in [0.3, 0.4) is 0 Å². The lowest BCUT2D eigenvalue weighted by Gasteiger charge is -2.02. The van der Waals surface area contributed by atoms with Crippen molar-refractivity contribution >= 4 is 28.1 Å². The molecule has 0 fully saturated rings. The third-order valence-electron chi connectivity index (χ3n) is 2.75. The van der Waals surface area contributed by atoms with Gasteiger partial charge < -0.3 is 4.74 Å². The number of nitrogens with zero attached hydrogens (tertiary/aromatic N) is 3. The summed E-state index contributed by atoms with van der Waals surface area (Å²) in [5.41, 5.74) is 2.02. The lowest BCUT2D eigenvalue weighted by molar-refractivity contribution is 0.340. The molecule has 0 aliphatic rings. The molecule has 1 aromatic carbocycles. The molecule has 0 aliphatic carbocycles. The van der Waals surface area contributed by atoms with Gasteiger partial charge in [-0.1, -0.05) is 30.0 Å². The van der Waals surface area contributed by atoms with Gasteiger partial charge in [-0.15, -0.1) is 5.10 Å². The van der Waals surface area contributed by atoms with Gasteiger partial charge in [-0.3, -0.25) is 0 Å². The van der Waals surface area contributed by atoms with E-state index in [2.05, 4.69) is 17.0 Å². The maximum atomic E-state index is 5.44. The van der Waals surface area contributed by atoms with Gasteiger partial charge in [-0.05, 0) is 36.9 Å². The van der Waals surface area contributed by atoms with E-state index in [-0.39, 0.29) is 0 Å². The number of hydrogen-bond donors (Lipinski definition) is 0. The van der Waals surface area contributed by atoms with Crippen LogP contribution in [0.5, 0.6) is 5.75 Å². The van der Waals surface area contributed by atoms with Crippen molar-refractivity contribution in [2.75, 3.05) is 12.4 Å². The molecule has 2 heterocycles. The second kappa shape index (κ2) is 5.85. The Hall–Kier alpha value is -1.53. The lowest BCUT2D eigenvalue weighted by atomic mass is 10.2. The first-order valence-corrected chi connectivity index (χ1v) is 8.32. The van der Waals surface area contributed by atoms with Gasteiger partial charge in [-0.25, -0.2) is 9.50 Å². The van der Waals surface area contributed by atoms with Crippen LogP contribution in [0.15, 0.2) is 34.8 Å². The molecule has 0 aliphatic heterocycles. The van der Waals surface area contributed by atoms with Crippen LogP contribution >= 0.6 is 23.1 Å². The van der Waals surface area contributed by atoms with Gasteiger partial charge >= 0.3 is 0 Å². The van der Waals surface area contributed by atoms with E-state index in [0.717, 1.165) is 32.1 Å². The third-order valence-corrected chi connectivity index (χ3v) is 4.69. The summed E-state index contributed by atoms with van der Waals surface area (Å²) in [6.45, 7) is 4.79. The monoisotopic (exact) mass is 305 g/mol. The van der Waals surface area contributed by atoms with Crippen LogP contribution in [0.4, 0.5) is 0 Å². The molecule has 0 saturated carbocycles. The predicted molar refractivity (Wildman–Crippen MR) is 83.9 cm³/mol. The highest BCUT2D eigenvalue weighted by Gasteiger charge is 2.09. The van der Waals surface area contributed by atoms with Crippen LogP contribution in [0.2, 0.25) is 0 Å². The van der Waals surface area contributed by atoms with E-state index in [1.165, 1.54) is 0 Å². The minimum absolute atomic E-state index is 0.682. The van der Waals surface area contributed by atoms with Crippen molar-refractivity contribution in [3.8, 4) is 17.0 Å².